The van der Waals surface area contributed by atoms with Gasteiger partial charge in [0, 0.05) is 50.8 Å². The first kappa shape index (κ1) is 20.2. The molecular weight excluding hydrogens is 436 g/mol. The quantitative estimate of drug-likeness (QED) is 0.734. The van der Waals surface area contributed by atoms with Crippen molar-refractivity contribution in [3.63, 3.8) is 0 Å². The van der Waals surface area contributed by atoms with Crippen LogP contribution in [-0.4, -0.2) is 89.5 Å². The Labute approximate surface area is 179 Å². The Bertz CT molecular complexity index is 806. The summed E-state index contributed by atoms with van der Waals surface area (Å²) in [6.07, 6.45) is 0.468. The largest absolute Gasteiger partial charge is 0.340 e. The lowest BCUT2D eigenvalue weighted by Crippen LogP contribution is -2.64. The summed E-state index contributed by atoms with van der Waals surface area (Å²) in [7, 11) is 1.70. The van der Waals surface area contributed by atoms with Crippen LogP contribution in [0.2, 0.25) is 0 Å². The number of nitrogens with one attached hydrogen (secondary N) is 1. The number of hydrogen-bond acceptors (Lipinski definition) is 6. The van der Waals surface area contributed by atoms with Crippen LogP contribution in [0.5, 0.6) is 0 Å². The van der Waals surface area contributed by atoms with Gasteiger partial charge in [-0.15, -0.1) is 0 Å². The molecule has 3 heterocycles. The number of piperazine rings is 1. The van der Waals surface area contributed by atoms with Crippen LogP contribution in [0, 0.1) is 0 Å². The van der Waals surface area contributed by atoms with E-state index in [0.717, 1.165) is 56.1 Å². The maximum Gasteiger partial charge on any atom is 0.325 e. The molecule has 29 heavy (non-hydrogen) atoms. The van der Waals surface area contributed by atoms with Gasteiger partial charge in [0.15, 0.2) is 18.2 Å². The number of imide groups is 1. The molecule has 1 aromatic rings. The van der Waals surface area contributed by atoms with Crippen molar-refractivity contribution in [2.75, 3.05) is 39.8 Å². The van der Waals surface area contributed by atoms with Crippen LogP contribution in [0.4, 0.5) is 4.79 Å². The van der Waals surface area contributed by atoms with Crippen molar-refractivity contribution >= 4 is 33.8 Å². The average molecular weight is 463 g/mol. The molecule has 0 spiro atoms. The number of carbonyl (C=O) groups excluding carboxylic acids is 2. The zero-order valence-corrected chi connectivity index (χ0v) is 18.4. The maximum atomic E-state index is 12.5. The third-order valence-corrected chi connectivity index (χ3v) is 6.31. The van der Waals surface area contributed by atoms with Crippen molar-refractivity contribution < 1.29 is 9.59 Å². The highest BCUT2D eigenvalue weighted by Gasteiger charge is 2.49. The zero-order chi connectivity index (χ0) is 20.5. The molecule has 0 bridgehead atoms. The molecule has 8 nitrogen and oxygen atoms in total. The molecule has 2 atom stereocenters. The van der Waals surface area contributed by atoms with Crippen LogP contribution in [0.25, 0.3) is 0 Å². The fourth-order valence-electron chi connectivity index (χ4n) is 4.21. The summed E-state index contributed by atoms with van der Waals surface area (Å²) in [6, 6.07) is 7.64. The Morgan fingerprint density at radius 2 is 1.83 bits per heavy atom. The Balaban J connectivity index is 1.44. The monoisotopic (exact) mass is 462 g/mol. The number of nitrogens with zero attached hydrogens (tertiary/aromatic N) is 5. The summed E-state index contributed by atoms with van der Waals surface area (Å²) in [5.74, 6) is 0.598. The van der Waals surface area contributed by atoms with Gasteiger partial charge in [-0.05, 0) is 24.1 Å². The van der Waals surface area contributed by atoms with Crippen LogP contribution in [0.15, 0.2) is 33.7 Å². The van der Waals surface area contributed by atoms with E-state index >= 15 is 0 Å². The average Bonchev–Trinajstić information content (AvgIpc) is 3.09. The fraction of sp³-hybridized carbons (Fsp3) is 0.550. The van der Waals surface area contributed by atoms with Gasteiger partial charge < -0.3 is 14.7 Å². The van der Waals surface area contributed by atoms with Crippen LogP contribution >= 0.6 is 15.9 Å². The van der Waals surface area contributed by atoms with Crippen molar-refractivity contribution in [3.8, 4) is 0 Å². The number of benzene rings is 1. The molecule has 0 saturated carbocycles. The molecule has 4 rings (SSSR count). The fourth-order valence-corrected chi connectivity index (χ4v) is 4.47. The minimum Gasteiger partial charge on any atom is -0.340 e. The molecule has 2 unspecified atom stereocenters. The Morgan fingerprint density at radius 1 is 1.14 bits per heavy atom. The first-order chi connectivity index (χ1) is 14.0. The molecule has 2 fully saturated rings. The minimum absolute atomic E-state index is 0.251. The smallest absolute Gasteiger partial charge is 0.325 e. The van der Waals surface area contributed by atoms with E-state index in [0.29, 0.717) is 0 Å². The number of fused-ring (bicyclic) bond motifs is 1. The normalized spacial score (nSPS) is 25.2. The van der Waals surface area contributed by atoms with Gasteiger partial charge >= 0.3 is 6.03 Å². The number of halogens is 1. The first-order valence-corrected chi connectivity index (χ1v) is 10.9. The molecule has 1 aromatic carbocycles. The molecule has 3 aliphatic heterocycles. The molecule has 2 saturated heterocycles. The molecule has 0 radical (unpaired) electrons. The third-order valence-electron chi connectivity index (χ3n) is 5.78. The number of guanidine groups is 1. The number of urea groups is 1. The van der Waals surface area contributed by atoms with Crippen LogP contribution in [-0.2, 0) is 11.3 Å². The van der Waals surface area contributed by atoms with Crippen molar-refractivity contribution in [1.82, 2.24) is 24.9 Å². The van der Waals surface area contributed by atoms with E-state index in [-0.39, 0.29) is 11.9 Å². The van der Waals surface area contributed by atoms with E-state index in [2.05, 4.69) is 67.1 Å². The molecule has 3 amide bonds. The highest BCUT2D eigenvalue weighted by molar-refractivity contribution is 9.10. The summed E-state index contributed by atoms with van der Waals surface area (Å²) in [6.45, 7) is 7.35. The Hall–Kier alpha value is -2.13. The van der Waals surface area contributed by atoms with E-state index in [1.54, 1.807) is 7.05 Å². The van der Waals surface area contributed by atoms with E-state index < -0.39 is 12.2 Å². The molecule has 9 heteroatoms. The molecule has 0 aliphatic carbocycles. The third kappa shape index (κ3) is 3.98. The highest BCUT2D eigenvalue weighted by atomic mass is 79.9. The molecule has 156 valence electrons. The summed E-state index contributed by atoms with van der Waals surface area (Å²) >= 11 is 3.48. The van der Waals surface area contributed by atoms with Crippen molar-refractivity contribution in [2.45, 2.75) is 32.1 Å². The second-order valence-corrected chi connectivity index (χ2v) is 8.69. The molecular formula is C20H27BrN6O2. The standard InChI is InChI=1S/C20H27BrN6O2/c1-3-8-27-16-17(24(2)20(29)23-18(16)28)22-19(27)26-11-9-25(10-12-26)13-14-4-6-15(21)7-5-14/h4-7,16-17H,3,8-13H2,1-2H3,(H,23,28,29). The zero-order valence-electron chi connectivity index (χ0n) is 16.8. The maximum absolute atomic E-state index is 12.5. The van der Waals surface area contributed by atoms with E-state index in [9.17, 15) is 9.59 Å². The minimum atomic E-state index is -0.446. The lowest BCUT2D eigenvalue weighted by molar-refractivity contribution is -0.127. The number of aliphatic imine (C=N–C) groups is 1. The van der Waals surface area contributed by atoms with Gasteiger partial charge in [0.2, 0.25) is 0 Å². The number of carbonyl (C=O) groups is 2. The second-order valence-electron chi connectivity index (χ2n) is 7.78. The predicted molar refractivity (Wildman–Crippen MR) is 114 cm³/mol. The Kier molecular flexibility index (Phi) is 5.78. The summed E-state index contributed by atoms with van der Waals surface area (Å²) in [5.41, 5.74) is 1.30. The van der Waals surface area contributed by atoms with E-state index in [1.807, 2.05) is 0 Å². The topological polar surface area (TPSA) is 71.5 Å². The SMILES string of the molecule is CCCN1C(N2CCN(Cc3ccc(Br)cc3)CC2)=NC2C1C(=O)NC(=O)N2C. The van der Waals surface area contributed by atoms with Crippen LogP contribution in [0.3, 0.4) is 0 Å². The summed E-state index contributed by atoms with van der Waals surface area (Å²) in [4.78, 5) is 37.7. The molecule has 0 aromatic heterocycles. The predicted octanol–water partition coefficient (Wildman–Crippen LogP) is 1.52. The first-order valence-electron chi connectivity index (χ1n) is 10.1. The highest BCUT2D eigenvalue weighted by Crippen LogP contribution is 2.26. The second kappa shape index (κ2) is 8.31. The Morgan fingerprint density at radius 3 is 2.48 bits per heavy atom. The van der Waals surface area contributed by atoms with Gasteiger partial charge in [0.1, 0.15) is 0 Å². The lowest BCUT2D eigenvalue weighted by atomic mass is 10.1. The van der Waals surface area contributed by atoms with Gasteiger partial charge in [-0.25, -0.2) is 9.79 Å². The number of hydrogen-bond donors (Lipinski definition) is 1. The summed E-state index contributed by atoms with van der Waals surface area (Å²) in [5, 5.41) is 2.45. The summed E-state index contributed by atoms with van der Waals surface area (Å²) < 4.78 is 1.09. The molecule has 3 aliphatic rings. The number of likely N-dealkylation sites (N-methyl/N-ethyl adjacent to an activating group) is 1. The van der Waals surface area contributed by atoms with Gasteiger partial charge in [0.05, 0.1) is 0 Å². The van der Waals surface area contributed by atoms with Crippen molar-refractivity contribution in [1.29, 1.82) is 0 Å². The van der Waals surface area contributed by atoms with E-state index in [1.165, 1.54) is 10.5 Å². The van der Waals surface area contributed by atoms with Crippen LogP contribution < -0.4 is 5.32 Å². The van der Waals surface area contributed by atoms with Gasteiger partial charge in [0.25, 0.3) is 5.91 Å². The van der Waals surface area contributed by atoms with Crippen LogP contribution in [0.1, 0.15) is 18.9 Å². The number of amides is 3. The van der Waals surface area contributed by atoms with Gasteiger partial charge in [-0.1, -0.05) is 35.0 Å². The van der Waals surface area contributed by atoms with Gasteiger partial charge in [-0.3, -0.25) is 15.0 Å². The lowest BCUT2D eigenvalue weighted by Gasteiger charge is -2.40. The molecule has 1 N–H and O–H groups in total. The van der Waals surface area contributed by atoms with Crippen molar-refractivity contribution in [2.24, 2.45) is 4.99 Å². The number of rotatable bonds is 4. The van der Waals surface area contributed by atoms with Gasteiger partial charge in [-0.2, -0.15) is 0 Å². The van der Waals surface area contributed by atoms with E-state index in [4.69, 9.17) is 4.99 Å². The van der Waals surface area contributed by atoms with Crippen molar-refractivity contribution in [3.05, 3.63) is 34.3 Å².